The largest absolute Gasteiger partial charge is 0.228 e. The van der Waals surface area contributed by atoms with Crippen LogP contribution in [0, 0.1) is 11.3 Å². The second kappa shape index (κ2) is 12.1. The number of rotatable bonds is 4. The quantitative estimate of drug-likeness (QED) is 0.186. The van der Waals surface area contributed by atoms with E-state index in [0.717, 1.165) is 39.2 Å². The Hall–Kier alpha value is -6.54. The summed E-state index contributed by atoms with van der Waals surface area (Å²) < 4.78 is 0. The van der Waals surface area contributed by atoms with Crippen LogP contribution < -0.4 is 0 Å². The molecule has 1 spiro atoms. The van der Waals surface area contributed by atoms with Crippen molar-refractivity contribution >= 4 is 11.8 Å². The van der Waals surface area contributed by atoms with Crippen LogP contribution in [0.5, 0.6) is 0 Å². The van der Waals surface area contributed by atoms with Crippen molar-refractivity contribution in [2.24, 2.45) is 0 Å². The number of nitriles is 1. The molecule has 2 aliphatic rings. The molecular weight excluding hydrogens is 651 g/mol. The Kier molecular flexibility index (Phi) is 7.02. The Morgan fingerprint density at radius 3 is 1.54 bits per heavy atom. The van der Waals surface area contributed by atoms with Crippen LogP contribution in [0.25, 0.3) is 56.2 Å². The van der Waals surface area contributed by atoms with E-state index in [9.17, 15) is 5.26 Å². The maximum absolute atomic E-state index is 9.42. The van der Waals surface area contributed by atoms with Crippen LogP contribution in [0.3, 0.4) is 0 Å². The average Bonchev–Trinajstić information content (AvgIpc) is 3.51. The monoisotopic (exact) mass is 679 g/mol. The normalized spacial score (nSPS) is 13.1. The highest BCUT2D eigenvalue weighted by atomic mass is 32.2. The van der Waals surface area contributed by atoms with Crippen LogP contribution in [0.15, 0.2) is 186 Å². The molecule has 242 valence electrons. The summed E-state index contributed by atoms with van der Waals surface area (Å²) in [4.78, 5) is 12.6. The lowest BCUT2D eigenvalue weighted by atomic mass is 9.67. The molecule has 1 aliphatic carbocycles. The summed E-state index contributed by atoms with van der Waals surface area (Å²) in [5.74, 6) is 0.704. The second-order valence-electron chi connectivity index (χ2n) is 13.2. The third-order valence-corrected chi connectivity index (χ3v) is 11.5. The summed E-state index contributed by atoms with van der Waals surface area (Å²) in [5.41, 5.74) is 15.0. The van der Waals surface area contributed by atoms with E-state index < -0.39 is 5.41 Å². The lowest BCUT2D eigenvalue weighted by Crippen LogP contribution is -2.32. The van der Waals surface area contributed by atoms with Gasteiger partial charge in [-0.15, -0.1) is 0 Å². The van der Waals surface area contributed by atoms with E-state index in [-0.39, 0.29) is 0 Å². The first-order valence-corrected chi connectivity index (χ1v) is 18.2. The molecule has 52 heavy (non-hydrogen) atoms. The zero-order valence-corrected chi connectivity index (χ0v) is 28.8. The zero-order valence-electron chi connectivity index (χ0n) is 28.0. The molecule has 7 aromatic carbocycles. The van der Waals surface area contributed by atoms with Crippen LogP contribution in [-0.2, 0) is 5.41 Å². The van der Waals surface area contributed by atoms with Crippen molar-refractivity contribution in [2.75, 3.05) is 0 Å². The van der Waals surface area contributed by atoms with Crippen molar-refractivity contribution < 1.29 is 0 Å². The smallest absolute Gasteiger partial charge is 0.160 e. The molecule has 1 aliphatic heterocycles. The lowest BCUT2D eigenvalue weighted by Gasteiger charge is -2.40. The van der Waals surface area contributed by atoms with Gasteiger partial charge in [-0.3, -0.25) is 0 Å². The van der Waals surface area contributed by atoms with Gasteiger partial charge in [0.15, 0.2) is 5.82 Å². The van der Waals surface area contributed by atoms with Crippen molar-refractivity contribution in [3.8, 4) is 62.2 Å². The van der Waals surface area contributed by atoms with Crippen molar-refractivity contribution in [1.29, 1.82) is 5.26 Å². The number of hydrogen-bond acceptors (Lipinski definition) is 4. The van der Waals surface area contributed by atoms with Crippen LogP contribution in [0.2, 0.25) is 0 Å². The SMILES string of the molecule is N#Cc1ccc(-c2ccc3c(c2)Sc2cc(-c4cc(-c5ccccc5)nc(-c5ccccc5)n4)ccc2C32c3ccccc3-c3ccccc32)cc1. The van der Waals surface area contributed by atoms with Crippen molar-refractivity contribution in [3.63, 3.8) is 0 Å². The summed E-state index contributed by atoms with van der Waals surface area (Å²) in [6.07, 6.45) is 0. The summed E-state index contributed by atoms with van der Waals surface area (Å²) in [7, 11) is 0. The number of nitrogens with zero attached hydrogens (tertiary/aromatic N) is 3. The van der Waals surface area contributed by atoms with Crippen molar-refractivity contribution in [1.82, 2.24) is 9.97 Å². The molecule has 0 atom stereocenters. The predicted octanol–water partition coefficient (Wildman–Crippen LogP) is 11.8. The van der Waals surface area contributed by atoms with E-state index >= 15 is 0 Å². The first-order chi connectivity index (χ1) is 25.7. The Balaban J connectivity index is 1.20. The fourth-order valence-electron chi connectivity index (χ4n) is 8.06. The molecule has 3 nitrogen and oxygen atoms in total. The zero-order chi connectivity index (χ0) is 34.6. The van der Waals surface area contributed by atoms with Gasteiger partial charge in [0.05, 0.1) is 28.4 Å². The predicted molar refractivity (Wildman–Crippen MR) is 210 cm³/mol. The van der Waals surface area contributed by atoms with E-state index in [1.165, 1.54) is 43.2 Å². The van der Waals surface area contributed by atoms with Gasteiger partial charge < -0.3 is 0 Å². The fraction of sp³-hybridized carbons (Fsp3) is 0.0208. The van der Waals surface area contributed by atoms with Crippen LogP contribution in [0.4, 0.5) is 0 Å². The Morgan fingerprint density at radius 1 is 0.423 bits per heavy atom. The molecule has 0 unspecified atom stereocenters. The van der Waals surface area contributed by atoms with Crippen LogP contribution in [0.1, 0.15) is 27.8 Å². The van der Waals surface area contributed by atoms with E-state index in [0.29, 0.717) is 11.4 Å². The summed E-state index contributed by atoms with van der Waals surface area (Å²) in [5, 5.41) is 9.42. The first kappa shape index (κ1) is 30.3. The third kappa shape index (κ3) is 4.67. The lowest BCUT2D eigenvalue weighted by molar-refractivity contribution is 0.723. The van der Waals surface area contributed by atoms with Gasteiger partial charge in [0.1, 0.15) is 0 Å². The van der Waals surface area contributed by atoms with Gasteiger partial charge in [0.2, 0.25) is 0 Å². The maximum Gasteiger partial charge on any atom is 0.160 e. The van der Waals surface area contributed by atoms with Crippen LogP contribution in [-0.4, -0.2) is 9.97 Å². The molecule has 0 fully saturated rings. The van der Waals surface area contributed by atoms with E-state index in [4.69, 9.17) is 9.97 Å². The topological polar surface area (TPSA) is 49.6 Å². The Labute approximate surface area is 307 Å². The van der Waals surface area contributed by atoms with Gasteiger partial charge in [-0.25, -0.2) is 9.97 Å². The maximum atomic E-state index is 9.42. The number of hydrogen-bond donors (Lipinski definition) is 0. The fourth-order valence-corrected chi connectivity index (χ4v) is 9.33. The van der Waals surface area contributed by atoms with Gasteiger partial charge in [0.25, 0.3) is 0 Å². The molecule has 0 saturated carbocycles. The van der Waals surface area contributed by atoms with Gasteiger partial charge in [0, 0.05) is 26.5 Å². The highest BCUT2D eigenvalue weighted by Gasteiger charge is 2.50. The van der Waals surface area contributed by atoms with Crippen LogP contribution >= 0.6 is 11.8 Å². The Morgan fingerprint density at radius 2 is 0.923 bits per heavy atom. The van der Waals surface area contributed by atoms with E-state index in [1.54, 1.807) is 0 Å². The number of benzene rings is 7. The van der Waals surface area contributed by atoms with Crippen molar-refractivity contribution in [2.45, 2.75) is 15.2 Å². The average molecular weight is 680 g/mol. The molecule has 0 amide bonds. The van der Waals surface area contributed by atoms with Crippen molar-refractivity contribution in [3.05, 3.63) is 204 Å². The van der Waals surface area contributed by atoms with Gasteiger partial charge in [-0.05, 0) is 74.8 Å². The van der Waals surface area contributed by atoms with Gasteiger partial charge in [-0.1, -0.05) is 157 Å². The molecular formula is C48H29N3S. The molecule has 10 rings (SSSR count). The molecule has 0 N–H and O–H groups in total. The molecule has 4 heteroatoms. The van der Waals surface area contributed by atoms with Gasteiger partial charge >= 0.3 is 0 Å². The minimum Gasteiger partial charge on any atom is -0.228 e. The summed E-state index contributed by atoms with van der Waals surface area (Å²) >= 11 is 1.82. The minimum absolute atomic E-state index is 0.485. The summed E-state index contributed by atoms with van der Waals surface area (Å²) in [6, 6.07) is 64.4. The first-order valence-electron chi connectivity index (χ1n) is 17.4. The molecule has 0 bridgehead atoms. The van der Waals surface area contributed by atoms with Gasteiger partial charge in [-0.2, -0.15) is 5.26 Å². The molecule has 8 aromatic rings. The number of aromatic nitrogens is 2. The standard InChI is InChI=1S/C48H29N3S/c49-30-31-19-21-32(22-20-31)35-23-25-41-45(27-35)52-46-28-36(24-26-42(46)48(41)39-17-9-7-15-37(39)38-16-8-10-18-40(38)48)44-29-43(33-11-3-1-4-12-33)50-47(51-44)34-13-5-2-6-14-34/h1-29H. The van der Waals surface area contributed by atoms with E-state index in [2.05, 4.69) is 133 Å². The highest BCUT2D eigenvalue weighted by molar-refractivity contribution is 7.99. The summed E-state index contributed by atoms with van der Waals surface area (Å²) in [6.45, 7) is 0. The molecule has 2 heterocycles. The highest BCUT2D eigenvalue weighted by Crippen LogP contribution is 2.62. The third-order valence-electron chi connectivity index (χ3n) is 10.4. The second-order valence-corrected chi connectivity index (χ2v) is 14.3. The minimum atomic E-state index is -0.485. The molecule has 1 aromatic heterocycles. The molecule has 0 radical (unpaired) electrons. The molecule has 0 saturated heterocycles. The Bertz CT molecular complexity index is 2610. The van der Waals surface area contributed by atoms with E-state index in [1.807, 2.05) is 60.3 Å². The number of fused-ring (bicyclic) bond motifs is 9.